The Morgan fingerprint density at radius 2 is 1.80 bits per heavy atom. The largest absolute Gasteiger partial charge is 0.316 e. The zero-order valence-corrected chi connectivity index (χ0v) is 14.5. The summed E-state index contributed by atoms with van der Waals surface area (Å²) in [6.07, 6.45) is 3.79. The molecule has 1 rings (SSSR count). The van der Waals surface area contributed by atoms with Gasteiger partial charge < -0.3 is 5.32 Å². The molecule has 1 aliphatic heterocycles. The molecule has 3 nitrogen and oxygen atoms in total. The van der Waals surface area contributed by atoms with Gasteiger partial charge in [-0.15, -0.1) is 0 Å². The van der Waals surface area contributed by atoms with Gasteiger partial charge in [-0.25, -0.2) is 0 Å². The minimum Gasteiger partial charge on any atom is -0.316 e. The van der Waals surface area contributed by atoms with Gasteiger partial charge in [-0.05, 0) is 44.7 Å². The normalized spacial score (nSPS) is 22.4. The molecule has 1 atom stereocenters. The van der Waals surface area contributed by atoms with E-state index in [1.807, 2.05) is 0 Å². The lowest BCUT2D eigenvalue weighted by molar-refractivity contribution is 0.0497. The summed E-state index contributed by atoms with van der Waals surface area (Å²) in [6, 6.07) is 0.712. The van der Waals surface area contributed by atoms with Crippen molar-refractivity contribution in [2.45, 2.75) is 59.9 Å². The maximum Gasteiger partial charge on any atom is 0.0195 e. The zero-order valence-electron chi connectivity index (χ0n) is 14.5. The van der Waals surface area contributed by atoms with Crippen LogP contribution in [0.15, 0.2) is 0 Å². The molecule has 3 heteroatoms. The first-order valence-electron chi connectivity index (χ1n) is 8.77. The van der Waals surface area contributed by atoms with Crippen LogP contribution in [-0.4, -0.2) is 61.7 Å². The average Bonchev–Trinajstić information content (AvgIpc) is 2.46. The van der Waals surface area contributed by atoms with Crippen LogP contribution in [0.2, 0.25) is 0 Å². The third-order valence-electron chi connectivity index (χ3n) is 5.24. The molecular formula is C17H37N3. The molecule has 0 aliphatic carbocycles. The molecule has 1 aliphatic rings. The Morgan fingerprint density at radius 3 is 2.30 bits per heavy atom. The fourth-order valence-corrected chi connectivity index (χ4v) is 3.47. The van der Waals surface area contributed by atoms with Crippen molar-refractivity contribution in [1.29, 1.82) is 0 Å². The van der Waals surface area contributed by atoms with E-state index in [1.165, 1.54) is 58.5 Å². The van der Waals surface area contributed by atoms with Gasteiger partial charge in [0, 0.05) is 38.8 Å². The van der Waals surface area contributed by atoms with Crippen LogP contribution < -0.4 is 5.32 Å². The Bertz CT molecular complexity index is 251. The summed E-state index contributed by atoms with van der Waals surface area (Å²) in [5.41, 5.74) is 0.462. The van der Waals surface area contributed by atoms with Crippen molar-refractivity contribution in [3.63, 3.8) is 0 Å². The van der Waals surface area contributed by atoms with Gasteiger partial charge in [0.2, 0.25) is 0 Å². The zero-order chi connectivity index (χ0) is 15.0. The number of nitrogens with one attached hydrogen (secondary N) is 1. The standard InChI is InChI=1S/C17H37N3/c1-6-10-18-14-17(7-2,8-3)15-19-11-12-20(9-4)16(5)13-19/h16,18H,6-15H2,1-5H3. The monoisotopic (exact) mass is 283 g/mol. The van der Waals surface area contributed by atoms with Crippen LogP contribution >= 0.6 is 0 Å². The van der Waals surface area contributed by atoms with E-state index in [0.717, 1.165) is 6.54 Å². The van der Waals surface area contributed by atoms with Crippen LogP contribution in [0.4, 0.5) is 0 Å². The van der Waals surface area contributed by atoms with Crippen molar-refractivity contribution in [3.05, 3.63) is 0 Å². The average molecular weight is 284 g/mol. The Balaban J connectivity index is 2.53. The molecule has 0 saturated carbocycles. The Kier molecular flexibility index (Phi) is 8.08. The van der Waals surface area contributed by atoms with E-state index in [4.69, 9.17) is 0 Å². The first-order valence-corrected chi connectivity index (χ1v) is 8.77. The van der Waals surface area contributed by atoms with Crippen molar-refractivity contribution in [3.8, 4) is 0 Å². The van der Waals surface area contributed by atoms with Crippen LogP contribution in [-0.2, 0) is 0 Å². The molecule has 1 saturated heterocycles. The summed E-state index contributed by atoms with van der Waals surface area (Å²) in [5, 5.41) is 3.66. The number of rotatable bonds is 9. The summed E-state index contributed by atoms with van der Waals surface area (Å²) in [4.78, 5) is 5.31. The molecule has 0 aromatic heterocycles. The number of likely N-dealkylation sites (N-methyl/N-ethyl adjacent to an activating group) is 1. The second-order valence-corrected chi connectivity index (χ2v) is 6.60. The van der Waals surface area contributed by atoms with Crippen molar-refractivity contribution in [2.75, 3.05) is 45.8 Å². The SMILES string of the molecule is CCCNCC(CC)(CC)CN1CCN(CC)C(C)C1. The Morgan fingerprint density at radius 1 is 1.10 bits per heavy atom. The second kappa shape index (κ2) is 9.01. The summed E-state index contributed by atoms with van der Waals surface area (Å²) < 4.78 is 0. The maximum atomic E-state index is 3.66. The Labute approximate surface area is 127 Å². The van der Waals surface area contributed by atoms with E-state index in [9.17, 15) is 0 Å². The lowest BCUT2D eigenvalue weighted by Gasteiger charge is -2.44. The van der Waals surface area contributed by atoms with Crippen LogP contribution in [0.3, 0.4) is 0 Å². The molecule has 0 radical (unpaired) electrons. The summed E-state index contributed by atoms with van der Waals surface area (Å²) in [7, 11) is 0. The van der Waals surface area contributed by atoms with Gasteiger partial charge >= 0.3 is 0 Å². The highest BCUT2D eigenvalue weighted by molar-refractivity contribution is 4.87. The van der Waals surface area contributed by atoms with Crippen LogP contribution in [0.1, 0.15) is 53.9 Å². The van der Waals surface area contributed by atoms with E-state index in [0.29, 0.717) is 11.5 Å². The van der Waals surface area contributed by atoms with Crippen LogP contribution in [0.5, 0.6) is 0 Å². The smallest absolute Gasteiger partial charge is 0.0195 e. The van der Waals surface area contributed by atoms with Gasteiger partial charge in [0.15, 0.2) is 0 Å². The fraction of sp³-hybridized carbons (Fsp3) is 1.00. The van der Waals surface area contributed by atoms with Crippen molar-refractivity contribution in [1.82, 2.24) is 15.1 Å². The van der Waals surface area contributed by atoms with Crippen LogP contribution in [0.25, 0.3) is 0 Å². The van der Waals surface area contributed by atoms with Crippen molar-refractivity contribution < 1.29 is 0 Å². The van der Waals surface area contributed by atoms with Crippen molar-refractivity contribution >= 4 is 0 Å². The minimum absolute atomic E-state index is 0.462. The number of hydrogen-bond donors (Lipinski definition) is 1. The predicted octanol–water partition coefficient (Wildman–Crippen LogP) is 2.82. The maximum absolute atomic E-state index is 3.66. The van der Waals surface area contributed by atoms with Crippen LogP contribution in [0, 0.1) is 5.41 Å². The van der Waals surface area contributed by atoms with Gasteiger partial charge in [-0.1, -0.05) is 27.7 Å². The number of piperazine rings is 1. The second-order valence-electron chi connectivity index (χ2n) is 6.60. The van der Waals surface area contributed by atoms with Gasteiger partial charge in [0.05, 0.1) is 0 Å². The molecule has 0 aromatic carbocycles. The van der Waals surface area contributed by atoms with E-state index in [1.54, 1.807) is 0 Å². The molecule has 0 amide bonds. The highest BCUT2D eigenvalue weighted by Gasteiger charge is 2.31. The summed E-state index contributed by atoms with van der Waals surface area (Å²) >= 11 is 0. The first kappa shape index (κ1) is 17.9. The van der Waals surface area contributed by atoms with Gasteiger partial charge in [-0.3, -0.25) is 9.80 Å². The minimum atomic E-state index is 0.462. The van der Waals surface area contributed by atoms with E-state index >= 15 is 0 Å². The Hall–Kier alpha value is -0.120. The molecule has 1 unspecified atom stereocenters. The molecule has 20 heavy (non-hydrogen) atoms. The van der Waals surface area contributed by atoms with Gasteiger partial charge in [0.25, 0.3) is 0 Å². The molecule has 0 bridgehead atoms. The predicted molar refractivity (Wildman–Crippen MR) is 89.3 cm³/mol. The highest BCUT2D eigenvalue weighted by Crippen LogP contribution is 2.28. The first-order chi connectivity index (χ1) is 9.60. The van der Waals surface area contributed by atoms with E-state index in [-0.39, 0.29) is 0 Å². The number of hydrogen-bond acceptors (Lipinski definition) is 3. The third-order valence-corrected chi connectivity index (χ3v) is 5.24. The van der Waals surface area contributed by atoms with E-state index in [2.05, 4.69) is 49.7 Å². The third kappa shape index (κ3) is 5.01. The highest BCUT2D eigenvalue weighted by atomic mass is 15.3. The molecule has 1 fully saturated rings. The molecule has 1 N–H and O–H groups in total. The van der Waals surface area contributed by atoms with Gasteiger partial charge in [-0.2, -0.15) is 0 Å². The molecule has 0 spiro atoms. The van der Waals surface area contributed by atoms with Gasteiger partial charge in [0.1, 0.15) is 0 Å². The summed E-state index contributed by atoms with van der Waals surface area (Å²) in [5.74, 6) is 0. The molecule has 120 valence electrons. The molecular weight excluding hydrogens is 246 g/mol. The lowest BCUT2D eigenvalue weighted by Crippen LogP contribution is -2.55. The number of nitrogens with zero attached hydrogens (tertiary/aromatic N) is 2. The fourth-order valence-electron chi connectivity index (χ4n) is 3.47. The molecule has 1 heterocycles. The summed E-state index contributed by atoms with van der Waals surface area (Å²) in [6.45, 7) is 20.1. The quantitative estimate of drug-likeness (QED) is 0.657. The molecule has 0 aromatic rings. The topological polar surface area (TPSA) is 18.5 Å². The van der Waals surface area contributed by atoms with E-state index < -0.39 is 0 Å². The lowest BCUT2D eigenvalue weighted by atomic mass is 9.81. The van der Waals surface area contributed by atoms with Crippen molar-refractivity contribution in [2.24, 2.45) is 5.41 Å².